The summed E-state index contributed by atoms with van der Waals surface area (Å²) in [4.78, 5) is 23.3. The number of nitrogens with one attached hydrogen (secondary N) is 1. The van der Waals surface area contributed by atoms with E-state index in [-0.39, 0.29) is 11.7 Å². The summed E-state index contributed by atoms with van der Waals surface area (Å²) >= 11 is 0. The maximum Gasteiger partial charge on any atom is 0.251 e. The standard InChI is InChI=1S/C27H33NO4/c1-18(24-6-3-7-25-26(24)32-17-31-25)15-20-8-9-23(16-20)21-10-12-22(13-11-21)27(30)28-14-4-5-19(2)29/h3,6-7,10-13,18,20,23H,4-5,8-9,14-17H2,1-2H3,(H,28,30)/t18-,20?,23-/m0/s1. The lowest BCUT2D eigenvalue weighted by Crippen LogP contribution is -2.24. The number of carbonyl (C=O) groups is 2. The molecule has 0 radical (unpaired) electrons. The zero-order chi connectivity index (χ0) is 22.5. The molecule has 2 aromatic carbocycles. The number of hydrogen-bond donors (Lipinski definition) is 1. The summed E-state index contributed by atoms with van der Waals surface area (Å²) in [6, 6.07) is 14.3. The highest BCUT2D eigenvalue weighted by molar-refractivity contribution is 5.94. The van der Waals surface area contributed by atoms with E-state index >= 15 is 0 Å². The van der Waals surface area contributed by atoms with Gasteiger partial charge in [0, 0.05) is 24.1 Å². The number of benzene rings is 2. The first-order chi connectivity index (χ1) is 15.5. The lowest BCUT2D eigenvalue weighted by atomic mass is 9.87. The second kappa shape index (κ2) is 10.2. The third-order valence-electron chi connectivity index (χ3n) is 6.82. The first kappa shape index (κ1) is 22.4. The Hall–Kier alpha value is -2.82. The molecule has 170 valence electrons. The van der Waals surface area contributed by atoms with E-state index in [1.807, 2.05) is 18.2 Å². The highest BCUT2D eigenvalue weighted by atomic mass is 16.7. The lowest BCUT2D eigenvalue weighted by molar-refractivity contribution is -0.117. The topological polar surface area (TPSA) is 64.6 Å². The minimum atomic E-state index is -0.0696. The van der Waals surface area contributed by atoms with Gasteiger partial charge in [0.2, 0.25) is 6.79 Å². The minimum Gasteiger partial charge on any atom is -0.454 e. The van der Waals surface area contributed by atoms with Crippen LogP contribution in [0.15, 0.2) is 42.5 Å². The Balaban J connectivity index is 1.28. The van der Waals surface area contributed by atoms with Gasteiger partial charge < -0.3 is 19.6 Å². The van der Waals surface area contributed by atoms with Crippen molar-refractivity contribution < 1.29 is 19.1 Å². The molecule has 3 atom stereocenters. The van der Waals surface area contributed by atoms with E-state index in [0.29, 0.717) is 49.5 Å². The van der Waals surface area contributed by atoms with E-state index in [1.165, 1.54) is 30.4 Å². The normalized spacial score (nSPS) is 20.2. The van der Waals surface area contributed by atoms with E-state index in [1.54, 1.807) is 6.92 Å². The highest BCUT2D eigenvalue weighted by Gasteiger charge is 2.29. The fourth-order valence-corrected chi connectivity index (χ4v) is 5.11. The van der Waals surface area contributed by atoms with Crippen LogP contribution in [0.3, 0.4) is 0 Å². The molecule has 1 saturated carbocycles. The Labute approximate surface area is 190 Å². The molecule has 1 unspecified atom stereocenters. The van der Waals surface area contributed by atoms with Gasteiger partial charge in [0.15, 0.2) is 11.5 Å². The molecule has 32 heavy (non-hydrogen) atoms. The first-order valence-corrected chi connectivity index (χ1v) is 11.8. The summed E-state index contributed by atoms with van der Waals surface area (Å²) in [6.07, 6.45) is 5.96. The van der Waals surface area contributed by atoms with Crippen LogP contribution in [0.1, 0.15) is 85.7 Å². The fourth-order valence-electron chi connectivity index (χ4n) is 5.11. The molecule has 1 aliphatic carbocycles. The quantitative estimate of drug-likeness (QED) is 0.521. The lowest BCUT2D eigenvalue weighted by Gasteiger charge is -2.19. The predicted octanol–water partition coefficient (Wildman–Crippen LogP) is 5.59. The zero-order valence-corrected chi connectivity index (χ0v) is 19.1. The molecule has 5 heteroatoms. The Bertz CT molecular complexity index is 953. The molecule has 1 fully saturated rings. The van der Waals surface area contributed by atoms with Crippen molar-refractivity contribution >= 4 is 11.7 Å². The average molecular weight is 436 g/mol. The van der Waals surface area contributed by atoms with Crippen LogP contribution in [0.5, 0.6) is 11.5 Å². The maximum atomic E-state index is 12.3. The summed E-state index contributed by atoms with van der Waals surface area (Å²) in [5, 5.41) is 2.89. The minimum absolute atomic E-state index is 0.0696. The number of amides is 1. The van der Waals surface area contributed by atoms with Crippen molar-refractivity contribution in [3.63, 3.8) is 0 Å². The van der Waals surface area contributed by atoms with Crippen molar-refractivity contribution in [2.45, 2.75) is 64.2 Å². The van der Waals surface area contributed by atoms with Gasteiger partial charge in [-0.25, -0.2) is 0 Å². The number of Topliss-reactive ketones (excluding diaryl/α,β-unsaturated/α-hetero) is 1. The van der Waals surface area contributed by atoms with Gasteiger partial charge in [0.05, 0.1) is 0 Å². The molecule has 1 heterocycles. The highest BCUT2D eigenvalue weighted by Crippen LogP contribution is 2.45. The number of hydrogen-bond acceptors (Lipinski definition) is 4. The number of fused-ring (bicyclic) bond motifs is 1. The molecule has 2 aromatic rings. The van der Waals surface area contributed by atoms with Crippen molar-refractivity contribution in [1.29, 1.82) is 0 Å². The van der Waals surface area contributed by atoms with Crippen LogP contribution in [0.4, 0.5) is 0 Å². The predicted molar refractivity (Wildman–Crippen MR) is 124 cm³/mol. The summed E-state index contributed by atoms with van der Waals surface area (Å²) in [6.45, 7) is 4.71. The number of rotatable bonds is 9. The van der Waals surface area contributed by atoms with Crippen LogP contribution >= 0.6 is 0 Å². The van der Waals surface area contributed by atoms with Crippen molar-refractivity contribution in [2.24, 2.45) is 5.92 Å². The molecule has 4 rings (SSSR count). The van der Waals surface area contributed by atoms with E-state index in [0.717, 1.165) is 17.9 Å². The molecule has 0 saturated heterocycles. The van der Waals surface area contributed by atoms with E-state index in [9.17, 15) is 9.59 Å². The van der Waals surface area contributed by atoms with Crippen LogP contribution in [-0.2, 0) is 4.79 Å². The van der Waals surface area contributed by atoms with Crippen molar-refractivity contribution in [1.82, 2.24) is 5.32 Å². The third kappa shape index (κ3) is 5.32. The molecule has 2 aliphatic rings. The monoisotopic (exact) mass is 435 g/mol. The van der Waals surface area contributed by atoms with Crippen molar-refractivity contribution in [2.75, 3.05) is 13.3 Å². The molecule has 1 amide bonds. The van der Waals surface area contributed by atoms with Gasteiger partial charge in [-0.05, 0) is 80.5 Å². The molecule has 0 aromatic heterocycles. The van der Waals surface area contributed by atoms with Crippen molar-refractivity contribution in [3.8, 4) is 11.5 Å². The molecule has 1 aliphatic heterocycles. The third-order valence-corrected chi connectivity index (χ3v) is 6.82. The summed E-state index contributed by atoms with van der Waals surface area (Å²) in [7, 11) is 0. The largest absolute Gasteiger partial charge is 0.454 e. The van der Waals surface area contributed by atoms with Gasteiger partial charge in [0.25, 0.3) is 5.91 Å². The number of ether oxygens (including phenoxy) is 2. The Kier molecular flexibility index (Phi) is 7.13. The maximum absolute atomic E-state index is 12.3. The van der Waals surface area contributed by atoms with Gasteiger partial charge in [-0.3, -0.25) is 4.79 Å². The van der Waals surface area contributed by atoms with Crippen LogP contribution in [0, 0.1) is 5.92 Å². The molecule has 5 nitrogen and oxygen atoms in total. The smallest absolute Gasteiger partial charge is 0.251 e. The number of para-hydroxylation sites is 1. The molecule has 1 N–H and O–H groups in total. The van der Waals surface area contributed by atoms with E-state index < -0.39 is 0 Å². The van der Waals surface area contributed by atoms with Crippen molar-refractivity contribution in [3.05, 3.63) is 59.2 Å². The Morgan fingerprint density at radius 2 is 1.91 bits per heavy atom. The van der Waals surface area contributed by atoms with Crippen LogP contribution in [-0.4, -0.2) is 25.0 Å². The van der Waals surface area contributed by atoms with Gasteiger partial charge >= 0.3 is 0 Å². The average Bonchev–Trinajstić information content (AvgIpc) is 3.46. The Morgan fingerprint density at radius 3 is 2.69 bits per heavy atom. The van der Waals surface area contributed by atoms with Crippen LogP contribution in [0.25, 0.3) is 0 Å². The first-order valence-electron chi connectivity index (χ1n) is 11.8. The van der Waals surface area contributed by atoms with Crippen LogP contribution in [0.2, 0.25) is 0 Å². The second-order valence-electron chi connectivity index (χ2n) is 9.28. The molecular weight excluding hydrogens is 402 g/mol. The van der Waals surface area contributed by atoms with E-state index in [4.69, 9.17) is 9.47 Å². The number of carbonyl (C=O) groups excluding carboxylic acids is 2. The van der Waals surface area contributed by atoms with Gasteiger partial charge in [0.1, 0.15) is 5.78 Å². The fraction of sp³-hybridized carbons (Fsp3) is 0.481. The van der Waals surface area contributed by atoms with Gasteiger partial charge in [-0.15, -0.1) is 0 Å². The van der Waals surface area contributed by atoms with Gasteiger partial charge in [-0.1, -0.05) is 31.2 Å². The summed E-state index contributed by atoms with van der Waals surface area (Å²) in [5.41, 5.74) is 3.26. The summed E-state index contributed by atoms with van der Waals surface area (Å²) in [5.74, 6) is 3.55. The SMILES string of the molecule is CC(=O)CCCNC(=O)c1ccc([C@H]2CCC(C[C@H](C)c3cccc4c3OCO4)C2)cc1. The molecule has 0 spiro atoms. The Morgan fingerprint density at radius 1 is 1.09 bits per heavy atom. The van der Waals surface area contributed by atoms with Gasteiger partial charge in [-0.2, -0.15) is 0 Å². The zero-order valence-electron chi connectivity index (χ0n) is 19.1. The number of ketones is 1. The molecule has 0 bridgehead atoms. The second-order valence-corrected chi connectivity index (χ2v) is 9.28. The molecular formula is C27H33NO4. The van der Waals surface area contributed by atoms with Crippen LogP contribution < -0.4 is 14.8 Å². The summed E-state index contributed by atoms with van der Waals surface area (Å²) < 4.78 is 11.2. The van der Waals surface area contributed by atoms with E-state index in [2.05, 4.69) is 36.5 Å².